The van der Waals surface area contributed by atoms with Crippen LogP contribution in [0.5, 0.6) is 0 Å². The Morgan fingerprint density at radius 2 is 2.00 bits per heavy atom. The third kappa shape index (κ3) is 3.19. The van der Waals surface area contributed by atoms with E-state index in [2.05, 4.69) is 4.99 Å². The van der Waals surface area contributed by atoms with E-state index in [1.807, 2.05) is 6.26 Å². The summed E-state index contributed by atoms with van der Waals surface area (Å²) in [7, 11) is 1.77. The van der Waals surface area contributed by atoms with E-state index in [1.165, 1.54) is 12.1 Å². The molecule has 3 heteroatoms. The number of thioether (sulfide) groups is 1. The second-order valence-electron chi connectivity index (χ2n) is 2.62. The summed E-state index contributed by atoms with van der Waals surface area (Å²) in [6.07, 6.45) is 2.78. The maximum Gasteiger partial charge on any atom is 0.123 e. The van der Waals surface area contributed by atoms with Crippen LogP contribution in [0.4, 0.5) is 4.39 Å². The molecule has 0 aromatic heterocycles. The largest absolute Gasteiger partial charge is 0.286 e. The van der Waals surface area contributed by atoms with Crippen molar-refractivity contribution in [3.8, 4) is 0 Å². The van der Waals surface area contributed by atoms with Crippen molar-refractivity contribution in [2.75, 3.05) is 13.3 Å². The minimum Gasteiger partial charge on any atom is -0.286 e. The molecule has 0 spiro atoms. The normalized spacial score (nSPS) is 11.8. The number of benzene rings is 1. The smallest absolute Gasteiger partial charge is 0.123 e. The summed E-state index contributed by atoms with van der Waals surface area (Å²) >= 11 is 1.63. The zero-order valence-corrected chi connectivity index (χ0v) is 8.57. The van der Waals surface area contributed by atoms with Crippen LogP contribution in [0, 0.1) is 5.82 Å². The molecule has 1 aromatic carbocycles. The Kier molecular flexibility index (Phi) is 3.96. The summed E-state index contributed by atoms with van der Waals surface area (Å²) in [5.74, 6) is -0.192. The van der Waals surface area contributed by atoms with E-state index >= 15 is 0 Å². The Morgan fingerprint density at radius 3 is 2.46 bits per heavy atom. The van der Waals surface area contributed by atoms with Crippen LogP contribution in [0.25, 0.3) is 0 Å². The van der Waals surface area contributed by atoms with Crippen molar-refractivity contribution < 1.29 is 4.39 Å². The highest BCUT2D eigenvalue weighted by atomic mass is 32.2. The predicted molar refractivity (Wildman–Crippen MR) is 57.0 cm³/mol. The monoisotopic (exact) mass is 197 g/mol. The molecule has 0 aliphatic heterocycles. The molecule has 0 aliphatic rings. The van der Waals surface area contributed by atoms with E-state index in [9.17, 15) is 4.39 Å². The lowest BCUT2D eigenvalue weighted by molar-refractivity contribution is 0.627. The van der Waals surface area contributed by atoms with Gasteiger partial charge in [-0.15, -0.1) is 11.8 Å². The van der Waals surface area contributed by atoms with Crippen molar-refractivity contribution in [3.05, 3.63) is 35.6 Å². The molecule has 0 saturated heterocycles. The Balaban J connectivity index is 2.69. The molecular weight excluding hydrogens is 185 g/mol. The summed E-state index contributed by atoms with van der Waals surface area (Å²) in [4.78, 5) is 4.11. The maximum absolute atomic E-state index is 12.6. The molecule has 13 heavy (non-hydrogen) atoms. The predicted octanol–water partition coefficient (Wildman–Crippen LogP) is 2.76. The molecule has 0 atom stereocenters. The first-order chi connectivity index (χ1) is 6.26. The molecule has 0 saturated carbocycles. The van der Waals surface area contributed by atoms with Gasteiger partial charge in [0.25, 0.3) is 0 Å². The Bertz CT molecular complexity index is 292. The lowest BCUT2D eigenvalue weighted by Crippen LogP contribution is -1.97. The van der Waals surface area contributed by atoms with Gasteiger partial charge in [0.1, 0.15) is 5.82 Å². The summed E-state index contributed by atoms with van der Waals surface area (Å²) in [6, 6.07) is 6.53. The average Bonchev–Trinajstić information content (AvgIpc) is 2.17. The van der Waals surface area contributed by atoms with Crippen molar-refractivity contribution in [1.29, 1.82) is 0 Å². The average molecular weight is 197 g/mol. The minimum absolute atomic E-state index is 0.192. The molecule has 0 fully saturated rings. The lowest BCUT2D eigenvalue weighted by atomic mass is 10.2. The SMILES string of the molecule is CN=C(Cc1ccc(F)cc1)SC. The highest BCUT2D eigenvalue weighted by molar-refractivity contribution is 8.13. The number of rotatable bonds is 2. The van der Waals surface area contributed by atoms with E-state index in [0.29, 0.717) is 0 Å². The summed E-state index contributed by atoms with van der Waals surface area (Å²) in [5, 5.41) is 1.06. The van der Waals surface area contributed by atoms with Gasteiger partial charge < -0.3 is 0 Å². The molecule has 0 amide bonds. The molecule has 0 aliphatic carbocycles. The highest BCUT2D eigenvalue weighted by Crippen LogP contribution is 2.09. The van der Waals surface area contributed by atoms with Gasteiger partial charge in [0.15, 0.2) is 0 Å². The molecule has 0 bridgehead atoms. The number of hydrogen-bond donors (Lipinski definition) is 0. The topological polar surface area (TPSA) is 12.4 Å². The van der Waals surface area contributed by atoms with Crippen LogP contribution in [0.1, 0.15) is 5.56 Å². The van der Waals surface area contributed by atoms with Gasteiger partial charge in [0.2, 0.25) is 0 Å². The van der Waals surface area contributed by atoms with Crippen molar-refractivity contribution in [3.63, 3.8) is 0 Å². The van der Waals surface area contributed by atoms with Crippen molar-refractivity contribution in [2.45, 2.75) is 6.42 Å². The van der Waals surface area contributed by atoms with Gasteiger partial charge in [-0.2, -0.15) is 0 Å². The van der Waals surface area contributed by atoms with Gasteiger partial charge in [0.05, 0.1) is 5.04 Å². The van der Waals surface area contributed by atoms with Crippen molar-refractivity contribution >= 4 is 16.8 Å². The van der Waals surface area contributed by atoms with E-state index in [4.69, 9.17) is 0 Å². The van der Waals surface area contributed by atoms with Crippen LogP contribution in [0.2, 0.25) is 0 Å². The molecule has 0 N–H and O–H groups in total. The van der Waals surface area contributed by atoms with E-state index < -0.39 is 0 Å². The van der Waals surface area contributed by atoms with E-state index in [-0.39, 0.29) is 5.82 Å². The quantitative estimate of drug-likeness (QED) is 0.524. The van der Waals surface area contributed by atoms with Crippen LogP contribution in [0.15, 0.2) is 29.3 Å². The van der Waals surface area contributed by atoms with Gasteiger partial charge in [-0.1, -0.05) is 12.1 Å². The second kappa shape index (κ2) is 5.02. The highest BCUT2D eigenvalue weighted by Gasteiger charge is 1.98. The molecule has 1 rings (SSSR count). The first kappa shape index (κ1) is 10.3. The Labute approximate surface area is 82.1 Å². The van der Waals surface area contributed by atoms with Gasteiger partial charge in [-0.25, -0.2) is 4.39 Å². The molecular formula is C10H12FNS. The van der Waals surface area contributed by atoms with Crippen LogP contribution in [-0.4, -0.2) is 18.3 Å². The van der Waals surface area contributed by atoms with Gasteiger partial charge in [-0.05, 0) is 24.0 Å². The van der Waals surface area contributed by atoms with Crippen LogP contribution in [-0.2, 0) is 6.42 Å². The van der Waals surface area contributed by atoms with Crippen molar-refractivity contribution in [1.82, 2.24) is 0 Å². The number of halogens is 1. The van der Waals surface area contributed by atoms with Gasteiger partial charge in [-0.3, -0.25) is 4.99 Å². The van der Waals surface area contributed by atoms with E-state index in [0.717, 1.165) is 17.0 Å². The fraction of sp³-hybridized carbons (Fsp3) is 0.300. The molecule has 0 unspecified atom stereocenters. The summed E-state index contributed by atoms with van der Waals surface area (Å²) in [6.45, 7) is 0. The molecule has 70 valence electrons. The number of nitrogens with zero attached hydrogens (tertiary/aromatic N) is 1. The zero-order chi connectivity index (χ0) is 9.68. The van der Waals surface area contributed by atoms with Crippen molar-refractivity contribution in [2.24, 2.45) is 4.99 Å². The zero-order valence-electron chi connectivity index (χ0n) is 7.75. The fourth-order valence-electron chi connectivity index (χ4n) is 1.02. The Hall–Kier alpha value is -0.830. The third-order valence-corrected chi connectivity index (χ3v) is 2.55. The number of aliphatic imine (C=N–C) groups is 1. The standard InChI is InChI=1S/C10H12FNS/c1-12-10(13-2)7-8-3-5-9(11)6-4-8/h3-6H,7H2,1-2H3. The summed E-state index contributed by atoms with van der Waals surface area (Å²) in [5.41, 5.74) is 1.09. The van der Waals surface area contributed by atoms with Gasteiger partial charge in [0, 0.05) is 13.5 Å². The van der Waals surface area contributed by atoms with Crippen LogP contribution >= 0.6 is 11.8 Å². The minimum atomic E-state index is -0.192. The lowest BCUT2D eigenvalue weighted by Gasteiger charge is -2.01. The third-order valence-electron chi connectivity index (χ3n) is 1.75. The second-order valence-corrected chi connectivity index (χ2v) is 3.50. The number of hydrogen-bond acceptors (Lipinski definition) is 2. The first-order valence-electron chi connectivity index (χ1n) is 4.00. The Morgan fingerprint density at radius 1 is 1.38 bits per heavy atom. The maximum atomic E-state index is 12.6. The van der Waals surface area contributed by atoms with Gasteiger partial charge >= 0.3 is 0 Å². The van der Waals surface area contributed by atoms with Crippen LogP contribution in [0.3, 0.4) is 0 Å². The summed E-state index contributed by atoms with van der Waals surface area (Å²) < 4.78 is 12.6. The molecule has 0 heterocycles. The molecule has 1 aromatic rings. The fourth-order valence-corrected chi connectivity index (χ4v) is 1.51. The molecule has 0 radical (unpaired) electrons. The first-order valence-corrected chi connectivity index (χ1v) is 5.23. The van der Waals surface area contributed by atoms with Crippen LogP contribution < -0.4 is 0 Å². The van der Waals surface area contributed by atoms with E-state index in [1.54, 1.807) is 30.9 Å². The molecule has 1 nitrogen and oxygen atoms in total.